The highest BCUT2D eigenvalue weighted by atomic mass is 32.2. The van der Waals surface area contributed by atoms with E-state index >= 15 is 0 Å². The van der Waals surface area contributed by atoms with Gasteiger partial charge in [-0.3, -0.25) is 4.79 Å². The standard InChI is InChI=1S/C12H19NO4S/c1-2-11(18(15,16)9-8-13)12(14)17-10-6-4-3-5-7-10/h10-11H,2-7,9H2,1H3. The van der Waals surface area contributed by atoms with Crippen LogP contribution in [0.4, 0.5) is 0 Å². The molecular weight excluding hydrogens is 254 g/mol. The van der Waals surface area contributed by atoms with E-state index in [9.17, 15) is 13.2 Å². The summed E-state index contributed by atoms with van der Waals surface area (Å²) in [5, 5.41) is 7.27. The molecule has 5 nitrogen and oxygen atoms in total. The Morgan fingerprint density at radius 1 is 1.39 bits per heavy atom. The van der Waals surface area contributed by atoms with Crippen LogP contribution in [0.15, 0.2) is 0 Å². The van der Waals surface area contributed by atoms with E-state index < -0.39 is 26.8 Å². The molecule has 6 heteroatoms. The molecule has 0 aromatic carbocycles. The molecule has 0 radical (unpaired) electrons. The first-order chi connectivity index (χ1) is 8.51. The van der Waals surface area contributed by atoms with Crippen LogP contribution in [0, 0.1) is 11.3 Å². The highest BCUT2D eigenvalue weighted by Crippen LogP contribution is 2.22. The van der Waals surface area contributed by atoms with Crippen molar-refractivity contribution in [2.75, 3.05) is 5.75 Å². The van der Waals surface area contributed by atoms with Gasteiger partial charge >= 0.3 is 5.97 Å². The lowest BCUT2D eigenvalue weighted by Crippen LogP contribution is -2.35. The maximum Gasteiger partial charge on any atom is 0.324 e. The molecule has 1 aliphatic rings. The van der Waals surface area contributed by atoms with Gasteiger partial charge in [0.05, 0.1) is 6.07 Å². The zero-order valence-corrected chi connectivity index (χ0v) is 11.4. The van der Waals surface area contributed by atoms with Gasteiger partial charge in [-0.15, -0.1) is 0 Å². The molecule has 0 heterocycles. The number of nitriles is 1. The van der Waals surface area contributed by atoms with Gasteiger partial charge in [0.25, 0.3) is 0 Å². The minimum absolute atomic E-state index is 0.148. The van der Waals surface area contributed by atoms with E-state index in [0.717, 1.165) is 32.1 Å². The smallest absolute Gasteiger partial charge is 0.324 e. The van der Waals surface area contributed by atoms with Crippen molar-refractivity contribution >= 4 is 15.8 Å². The molecule has 0 spiro atoms. The van der Waals surface area contributed by atoms with Gasteiger partial charge in [0.2, 0.25) is 0 Å². The minimum atomic E-state index is -3.71. The Morgan fingerprint density at radius 3 is 2.50 bits per heavy atom. The molecule has 0 aliphatic heterocycles. The van der Waals surface area contributed by atoms with Crippen LogP contribution in [0.2, 0.25) is 0 Å². The van der Waals surface area contributed by atoms with Gasteiger partial charge in [-0.25, -0.2) is 8.42 Å². The first-order valence-electron chi connectivity index (χ1n) is 6.30. The van der Waals surface area contributed by atoms with Crippen molar-refractivity contribution in [3.8, 4) is 6.07 Å². The summed E-state index contributed by atoms with van der Waals surface area (Å²) < 4.78 is 28.7. The SMILES string of the molecule is CCC(C(=O)OC1CCCCC1)S(=O)(=O)CC#N. The summed E-state index contributed by atoms with van der Waals surface area (Å²) in [6, 6.07) is 1.59. The van der Waals surface area contributed by atoms with Crippen molar-refractivity contribution in [1.29, 1.82) is 5.26 Å². The average molecular weight is 273 g/mol. The summed E-state index contributed by atoms with van der Waals surface area (Å²) in [5.41, 5.74) is 0. The summed E-state index contributed by atoms with van der Waals surface area (Å²) in [6.07, 6.45) is 4.77. The quantitative estimate of drug-likeness (QED) is 0.710. The average Bonchev–Trinajstić information content (AvgIpc) is 2.30. The Bertz CT molecular complexity index is 418. The van der Waals surface area contributed by atoms with E-state index in [1.807, 2.05) is 0 Å². The second kappa shape index (κ2) is 6.74. The molecule has 0 N–H and O–H groups in total. The van der Waals surface area contributed by atoms with Gasteiger partial charge in [-0.1, -0.05) is 13.3 Å². The zero-order valence-electron chi connectivity index (χ0n) is 10.6. The van der Waals surface area contributed by atoms with Gasteiger partial charge < -0.3 is 4.74 Å². The molecule has 18 heavy (non-hydrogen) atoms. The number of carbonyl (C=O) groups excluding carboxylic acids is 1. The van der Waals surface area contributed by atoms with Crippen molar-refractivity contribution in [2.24, 2.45) is 0 Å². The molecule has 0 amide bonds. The lowest BCUT2D eigenvalue weighted by atomic mass is 9.98. The molecular formula is C12H19NO4S. The van der Waals surface area contributed by atoms with Crippen LogP contribution >= 0.6 is 0 Å². The summed E-state index contributed by atoms with van der Waals surface area (Å²) in [6.45, 7) is 1.61. The Kier molecular flexibility index (Phi) is 5.60. The topological polar surface area (TPSA) is 84.2 Å². The fourth-order valence-electron chi connectivity index (χ4n) is 2.18. The molecule has 1 saturated carbocycles. The highest BCUT2D eigenvalue weighted by molar-refractivity contribution is 7.92. The highest BCUT2D eigenvalue weighted by Gasteiger charge is 2.33. The molecule has 0 aromatic rings. The van der Waals surface area contributed by atoms with Crippen LogP contribution in [0.1, 0.15) is 45.4 Å². The zero-order chi connectivity index (χ0) is 13.6. The second-order valence-corrected chi connectivity index (χ2v) is 6.74. The number of hydrogen-bond donors (Lipinski definition) is 0. The van der Waals surface area contributed by atoms with Crippen LogP contribution in [0.3, 0.4) is 0 Å². The lowest BCUT2D eigenvalue weighted by Gasteiger charge is -2.23. The number of rotatable bonds is 5. The fraction of sp³-hybridized carbons (Fsp3) is 0.833. The number of nitrogens with zero attached hydrogens (tertiary/aromatic N) is 1. The van der Waals surface area contributed by atoms with E-state index in [4.69, 9.17) is 10.00 Å². The van der Waals surface area contributed by atoms with E-state index in [1.165, 1.54) is 0 Å². The van der Waals surface area contributed by atoms with Crippen LogP contribution in [0.25, 0.3) is 0 Å². The van der Waals surface area contributed by atoms with Crippen LogP contribution in [-0.2, 0) is 19.4 Å². The van der Waals surface area contributed by atoms with Crippen LogP contribution in [0.5, 0.6) is 0 Å². The predicted molar refractivity (Wildman–Crippen MR) is 66.4 cm³/mol. The van der Waals surface area contributed by atoms with Gasteiger partial charge in [0.1, 0.15) is 11.9 Å². The predicted octanol–water partition coefficient (Wildman–Crippen LogP) is 1.58. The molecule has 1 unspecified atom stereocenters. The third-order valence-electron chi connectivity index (χ3n) is 3.17. The molecule has 0 aromatic heterocycles. The molecule has 0 saturated heterocycles. The van der Waals surface area contributed by atoms with Crippen molar-refractivity contribution in [3.63, 3.8) is 0 Å². The summed E-state index contributed by atoms with van der Waals surface area (Å²) in [4.78, 5) is 11.9. The molecule has 1 rings (SSSR count). The number of sulfone groups is 1. The monoisotopic (exact) mass is 273 g/mol. The van der Waals surface area contributed by atoms with E-state index in [-0.39, 0.29) is 12.5 Å². The van der Waals surface area contributed by atoms with Crippen molar-refractivity contribution in [3.05, 3.63) is 0 Å². The van der Waals surface area contributed by atoms with E-state index in [2.05, 4.69) is 0 Å². The molecule has 1 aliphatic carbocycles. The fourth-order valence-corrected chi connectivity index (χ4v) is 3.42. The number of carbonyl (C=O) groups is 1. The van der Waals surface area contributed by atoms with Gasteiger partial charge in [0, 0.05) is 0 Å². The Hall–Kier alpha value is -1.09. The van der Waals surface area contributed by atoms with E-state index in [1.54, 1.807) is 13.0 Å². The molecule has 102 valence electrons. The second-order valence-electron chi connectivity index (χ2n) is 4.56. The maximum absolute atomic E-state index is 11.9. The van der Waals surface area contributed by atoms with Crippen LogP contribution < -0.4 is 0 Å². The third-order valence-corrected chi connectivity index (χ3v) is 5.09. The normalized spacial score (nSPS) is 18.9. The minimum Gasteiger partial charge on any atom is -0.461 e. The van der Waals surface area contributed by atoms with Crippen LogP contribution in [-0.4, -0.2) is 31.5 Å². The first-order valence-corrected chi connectivity index (χ1v) is 8.01. The number of hydrogen-bond acceptors (Lipinski definition) is 5. The molecule has 1 fully saturated rings. The van der Waals surface area contributed by atoms with E-state index in [0.29, 0.717) is 0 Å². The first kappa shape index (κ1) is 15.0. The Labute approximate surface area is 108 Å². The third kappa shape index (κ3) is 3.98. The van der Waals surface area contributed by atoms with Crippen molar-refractivity contribution < 1.29 is 17.9 Å². The Morgan fingerprint density at radius 2 is 2.00 bits per heavy atom. The summed E-state index contributed by atoms with van der Waals surface area (Å²) in [5.74, 6) is -1.33. The van der Waals surface area contributed by atoms with Crippen molar-refractivity contribution in [2.45, 2.75) is 56.8 Å². The van der Waals surface area contributed by atoms with Crippen molar-refractivity contribution in [1.82, 2.24) is 0 Å². The van der Waals surface area contributed by atoms with Gasteiger partial charge in [0.15, 0.2) is 15.1 Å². The Balaban J connectivity index is 2.65. The number of esters is 1. The molecule has 1 atom stereocenters. The van der Waals surface area contributed by atoms with Gasteiger partial charge in [-0.05, 0) is 32.1 Å². The van der Waals surface area contributed by atoms with Gasteiger partial charge in [-0.2, -0.15) is 5.26 Å². The summed E-state index contributed by atoms with van der Waals surface area (Å²) in [7, 11) is -3.71. The number of ether oxygens (including phenoxy) is 1. The maximum atomic E-state index is 11.9. The molecule has 0 bridgehead atoms. The summed E-state index contributed by atoms with van der Waals surface area (Å²) >= 11 is 0. The lowest BCUT2D eigenvalue weighted by molar-refractivity contribution is -0.150. The largest absolute Gasteiger partial charge is 0.461 e.